The Bertz CT molecular complexity index is 1250. The van der Waals surface area contributed by atoms with Crippen molar-refractivity contribution in [1.82, 2.24) is 9.88 Å². The average Bonchev–Trinajstić information content (AvgIpc) is 2.91. The van der Waals surface area contributed by atoms with Crippen LogP contribution in [0.2, 0.25) is 0 Å². The number of aliphatic hydroxyl groups excluding tert-OH is 1. The Morgan fingerprint density at radius 1 is 1.05 bits per heavy atom. The Morgan fingerprint density at radius 2 is 1.77 bits per heavy atom. The lowest BCUT2D eigenvalue weighted by Gasteiger charge is -2.39. The molecule has 0 aliphatic carbocycles. The Labute approximate surface area is 230 Å². The van der Waals surface area contributed by atoms with E-state index < -0.39 is 11.9 Å². The van der Waals surface area contributed by atoms with Crippen molar-refractivity contribution in [3.63, 3.8) is 0 Å². The van der Waals surface area contributed by atoms with Crippen LogP contribution in [0.1, 0.15) is 60.8 Å². The highest BCUT2D eigenvalue weighted by Crippen LogP contribution is 2.35. The topological polar surface area (TPSA) is 90.4 Å². The molecule has 3 aromatic rings. The molecule has 2 aromatic carbocycles. The van der Waals surface area contributed by atoms with Crippen LogP contribution < -0.4 is 14.2 Å². The van der Waals surface area contributed by atoms with E-state index in [1.165, 1.54) is 11.8 Å². The molecule has 1 atom stereocenters. The zero-order chi connectivity index (χ0) is 28.0. The minimum absolute atomic E-state index is 0.166. The third-order valence-electron chi connectivity index (χ3n) is 6.90. The lowest BCUT2D eigenvalue weighted by Crippen LogP contribution is -2.48. The van der Waals surface area contributed by atoms with Crippen LogP contribution in [0.5, 0.6) is 17.2 Å². The maximum atomic E-state index is 13.1. The molecule has 4 rings (SSSR count). The summed E-state index contributed by atoms with van der Waals surface area (Å²) in [4.78, 5) is 19.1. The van der Waals surface area contributed by atoms with Crippen LogP contribution in [0, 0.1) is 0 Å². The summed E-state index contributed by atoms with van der Waals surface area (Å²) in [6, 6.07) is 17.6. The van der Waals surface area contributed by atoms with Gasteiger partial charge in [-0.3, -0.25) is 9.78 Å². The SMILES string of the molecule is CCOC(O)C(C)(C)Oc1ccnc(C(=O)N2CC(c3ccc(OCc4ccc(CC)cc4)c(OC)c3)C2)c1. The Morgan fingerprint density at radius 3 is 2.44 bits per heavy atom. The highest BCUT2D eigenvalue weighted by molar-refractivity contribution is 5.93. The number of likely N-dealkylation sites (tertiary alicyclic amines) is 1. The number of carbonyl (C=O) groups excluding carboxylic acids is 1. The first-order valence-corrected chi connectivity index (χ1v) is 13.4. The van der Waals surface area contributed by atoms with E-state index in [9.17, 15) is 9.90 Å². The number of aromatic nitrogens is 1. The van der Waals surface area contributed by atoms with E-state index in [1.807, 2.05) is 18.2 Å². The second kappa shape index (κ2) is 12.5. The molecule has 208 valence electrons. The molecule has 1 saturated heterocycles. The zero-order valence-electron chi connectivity index (χ0n) is 23.3. The van der Waals surface area contributed by atoms with Crippen LogP contribution in [0.25, 0.3) is 0 Å². The van der Waals surface area contributed by atoms with E-state index in [0.717, 1.165) is 17.5 Å². The van der Waals surface area contributed by atoms with Gasteiger partial charge in [0, 0.05) is 37.9 Å². The van der Waals surface area contributed by atoms with Gasteiger partial charge in [0.1, 0.15) is 18.1 Å². The van der Waals surface area contributed by atoms with E-state index in [1.54, 1.807) is 44.9 Å². The Kier molecular flexibility index (Phi) is 9.09. The number of hydrogen-bond donors (Lipinski definition) is 1. The van der Waals surface area contributed by atoms with Crippen molar-refractivity contribution in [3.05, 3.63) is 83.2 Å². The van der Waals surface area contributed by atoms with Gasteiger partial charge < -0.3 is 29.0 Å². The minimum atomic E-state index is -1.10. The average molecular weight is 535 g/mol. The van der Waals surface area contributed by atoms with Gasteiger partial charge in [0.25, 0.3) is 5.91 Å². The summed E-state index contributed by atoms with van der Waals surface area (Å²) >= 11 is 0. The van der Waals surface area contributed by atoms with Crippen LogP contribution in [0.4, 0.5) is 0 Å². The van der Waals surface area contributed by atoms with Crippen molar-refractivity contribution < 1.29 is 28.8 Å². The molecule has 0 saturated carbocycles. The number of aryl methyl sites for hydroxylation is 1. The van der Waals surface area contributed by atoms with Crippen molar-refractivity contribution in [1.29, 1.82) is 0 Å². The summed E-state index contributed by atoms with van der Waals surface area (Å²) in [5.74, 6) is 1.83. The van der Waals surface area contributed by atoms with Gasteiger partial charge >= 0.3 is 0 Å². The normalized spacial score (nSPS) is 14.5. The molecule has 1 N–H and O–H groups in total. The number of benzene rings is 2. The van der Waals surface area contributed by atoms with Crippen molar-refractivity contribution in [2.45, 2.75) is 58.5 Å². The molecule has 1 amide bonds. The number of carbonyl (C=O) groups is 1. The lowest BCUT2D eigenvalue weighted by atomic mass is 9.91. The van der Waals surface area contributed by atoms with E-state index >= 15 is 0 Å². The van der Waals surface area contributed by atoms with Crippen LogP contribution in [0.15, 0.2) is 60.8 Å². The molecule has 2 heterocycles. The fourth-order valence-corrected chi connectivity index (χ4v) is 4.41. The van der Waals surface area contributed by atoms with Gasteiger partial charge in [0.2, 0.25) is 0 Å². The predicted octanol–water partition coefficient (Wildman–Crippen LogP) is 4.98. The van der Waals surface area contributed by atoms with Crippen molar-refractivity contribution >= 4 is 5.91 Å². The van der Waals surface area contributed by atoms with Gasteiger partial charge in [-0.1, -0.05) is 37.3 Å². The number of nitrogens with zero attached hydrogens (tertiary/aromatic N) is 2. The number of amides is 1. The number of ether oxygens (including phenoxy) is 4. The molecular formula is C31H38N2O6. The Balaban J connectivity index is 1.35. The molecule has 1 aliphatic rings. The highest BCUT2D eigenvalue weighted by atomic mass is 16.6. The number of pyridine rings is 1. The van der Waals surface area contributed by atoms with Gasteiger partial charge in [-0.15, -0.1) is 0 Å². The molecule has 0 bridgehead atoms. The molecule has 1 unspecified atom stereocenters. The fraction of sp³-hybridized carbons (Fsp3) is 0.419. The predicted molar refractivity (Wildman–Crippen MR) is 148 cm³/mol. The second-order valence-corrected chi connectivity index (χ2v) is 10.2. The van der Waals surface area contributed by atoms with Gasteiger partial charge in [-0.2, -0.15) is 0 Å². The van der Waals surface area contributed by atoms with E-state index in [0.29, 0.717) is 49.2 Å². The smallest absolute Gasteiger partial charge is 0.272 e. The third kappa shape index (κ3) is 6.88. The van der Waals surface area contributed by atoms with Gasteiger partial charge in [0.15, 0.2) is 23.4 Å². The highest BCUT2D eigenvalue weighted by Gasteiger charge is 2.34. The molecule has 0 radical (unpaired) electrons. The van der Waals surface area contributed by atoms with E-state index in [-0.39, 0.29) is 11.8 Å². The molecule has 8 heteroatoms. The molecule has 1 fully saturated rings. The van der Waals surface area contributed by atoms with E-state index in [4.69, 9.17) is 18.9 Å². The van der Waals surface area contributed by atoms with Crippen LogP contribution in [-0.2, 0) is 17.8 Å². The number of methoxy groups -OCH3 is 1. The summed E-state index contributed by atoms with van der Waals surface area (Å²) in [5.41, 5.74) is 2.79. The molecule has 39 heavy (non-hydrogen) atoms. The quantitative estimate of drug-likeness (QED) is 0.328. The van der Waals surface area contributed by atoms with Crippen LogP contribution in [-0.4, -0.2) is 59.6 Å². The first kappa shape index (κ1) is 28.4. The minimum Gasteiger partial charge on any atom is -0.493 e. The molecule has 1 aromatic heterocycles. The number of aliphatic hydroxyl groups is 1. The summed E-state index contributed by atoms with van der Waals surface area (Å²) < 4.78 is 22.8. The largest absolute Gasteiger partial charge is 0.493 e. The maximum Gasteiger partial charge on any atom is 0.272 e. The standard InChI is InChI=1S/C31H38N2O6/c1-6-21-8-10-22(11-9-21)20-38-27-13-12-23(16-28(27)36-5)24-18-33(19-24)29(34)26-17-25(14-15-32-26)39-31(3,4)30(35)37-7-2/h8-17,24,30,35H,6-7,18-20H2,1-5H3. The van der Waals surface area contributed by atoms with Gasteiger partial charge in [0.05, 0.1) is 7.11 Å². The second-order valence-electron chi connectivity index (χ2n) is 10.2. The summed E-state index contributed by atoms with van der Waals surface area (Å²) in [7, 11) is 1.63. The molecule has 0 spiro atoms. The zero-order valence-corrected chi connectivity index (χ0v) is 23.3. The van der Waals surface area contributed by atoms with Crippen LogP contribution in [0.3, 0.4) is 0 Å². The lowest BCUT2D eigenvalue weighted by molar-refractivity contribution is -0.186. The first-order valence-electron chi connectivity index (χ1n) is 13.4. The first-order chi connectivity index (χ1) is 18.7. The van der Waals surface area contributed by atoms with Crippen molar-refractivity contribution in [3.8, 4) is 17.2 Å². The fourth-order valence-electron chi connectivity index (χ4n) is 4.41. The number of rotatable bonds is 12. The molecule has 1 aliphatic heterocycles. The van der Waals surface area contributed by atoms with Crippen molar-refractivity contribution in [2.24, 2.45) is 0 Å². The van der Waals surface area contributed by atoms with Crippen molar-refractivity contribution in [2.75, 3.05) is 26.8 Å². The number of hydrogen-bond acceptors (Lipinski definition) is 7. The van der Waals surface area contributed by atoms with Crippen LogP contribution >= 0.6 is 0 Å². The van der Waals surface area contributed by atoms with E-state index in [2.05, 4.69) is 36.2 Å². The molecular weight excluding hydrogens is 496 g/mol. The Hall–Kier alpha value is -3.62. The monoisotopic (exact) mass is 534 g/mol. The summed E-state index contributed by atoms with van der Waals surface area (Å²) in [6.45, 7) is 9.36. The molecule has 8 nitrogen and oxygen atoms in total. The summed E-state index contributed by atoms with van der Waals surface area (Å²) in [5, 5.41) is 10.2. The third-order valence-corrected chi connectivity index (χ3v) is 6.90. The maximum absolute atomic E-state index is 13.1. The van der Waals surface area contributed by atoms with Gasteiger partial charge in [-0.25, -0.2) is 0 Å². The van der Waals surface area contributed by atoms with Gasteiger partial charge in [-0.05, 0) is 62.1 Å². The summed E-state index contributed by atoms with van der Waals surface area (Å²) in [6.07, 6.45) is 1.44.